The Bertz CT molecular complexity index is 862. The molecule has 2 heterocycles. The van der Waals surface area contributed by atoms with Crippen molar-refractivity contribution in [1.29, 1.82) is 0 Å². The van der Waals surface area contributed by atoms with E-state index in [1.54, 1.807) is 13.8 Å². The van der Waals surface area contributed by atoms with Gasteiger partial charge in [0.1, 0.15) is 6.54 Å². The molecule has 138 valence electrons. The van der Waals surface area contributed by atoms with Crippen LogP contribution in [0.3, 0.4) is 0 Å². The second kappa shape index (κ2) is 8.08. The Labute approximate surface area is 158 Å². The van der Waals surface area contributed by atoms with E-state index in [1.807, 2.05) is 16.7 Å². The number of amides is 1. The van der Waals surface area contributed by atoms with Gasteiger partial charge in [-0.3, -0.25) is 14.2 Å². The SMILES string of the molecule is Cc1ccccc1[C@H]1CCN(C(=O)Cn2cnc(C)c(C)c2=O)CCS1. The Hall–Kier alpha value is -2.08. The lowest BCUT2D eigenvalue weighted by atomic mass is 10.0. The van der Waals surface area contributed by atoms with Gasteiger partial charge in [-0.2, -0.15) is 11.8 Å². The molecule has 3 rings (SSSR count). The first-order valence-corrected chi connectivity index (χ1v) is 10.00. The first-order valence-electron chi connectivity index (χ1n) is 8.95. The Kier molecular flexibility index (Phi) is 5.81. The van der Waals surface area contributed by atoms with Crippen molar-refractivity contribution in [3.05, 3.63) is 63.3 Å². The van der Waals surface area contributed by atoms with Crippen molar-refractivity contribution in [2.75, 3.05) is 18.8 Å². The molecule has 0 radical (unpaired) electrons. The van der Waals surface area contributed by atoms with Crippen LogP contribution in [0.1, 0.15) is 34.1 Å². The quantitative estimate of drug-likeness (QED) is 0.832. The van der Waals surface area contributed by atoms with Crippen molar-refractivity contribution in [3.8, 4) is 0 Å². The second-order valence-electron chi connectivity index (χ2n) is 6.77. The second-order valence-corrected chi connectivity index (χ2v) is 8.08. The van der Waals surface area contributed by atoms with E-state index in [9.17, 15) is 9.59 Å². The van der Waals surface area contributed by atoms with Crippen LogP contribution in [0.15, 0.2) is 35.4 Å². The van der Waals surface area contributed by atoms with Gasteiger partial charge in [-0.25, -0.2) is 4.98 Å². The van der Waals surface area contributed by atoms with Gasteiger partial charge in [-0.15, -0.1) is 0 Å². The maximum Gasteiger partial charge on any atom is 0.256 e. The molecule has 1 fully saturated rings. The van der Waals surface area contributed by atoms with Crippen LogP contribution in [-0.4, -0.2) is 39.2 Å². The molecule has 1 aromatic carbocycles. The smallest absolute Gasteiger partial charge is 0.256 e. The highest BCUT2D eigenvalue weighted by molar-refractivity contribution is 7.99. The summed E-state index contributed by atoms with van der Waals surface area (Å²) in [6.45, 7) is 7.20. The summed E-state index contributed by atoms with van der Waals surface area (Å²) in [5.74, 6) is 0.897. The van der Waals surface area contributed by atoms with Gasteiger partial charge in [0.15, 0.2) is 0 Å². The van der Waals surface area contributed by atoms with E-state index in [0.29, 0.717) is 16.5 Å². The summed E-state index contributed by atoms with van der Waals surface area (Å²) in [5.41, 5.74) is 3.85. The predicted molar refractivity (Wildman–Crippen MR) is 106 cm³/mol. The monoisotopic (exact) mass is 371 g/mol. The van der Waals surface area contributed by atoms with Gasteiger partial charge in [0.2, 0.25) is 5.91 Å². The van der Waals surface area contributed by atoms with Crippen LogP contribution in [0.4, 0.5) is 0 Å². The van der Waals surface area contributed by atoms with Crippen molar-refractivity contribution in [1.82, 2.24) is 14.5 Å². The summed E-state index contributed by atoms with van der Waals surface area (Å²) >= 11 is 1.91. The molecule has 0 N–H and O–H groups in total. The van der Waals surface area contributed by atoms with Gasteiger partial charge in [-0.05, 0) is 38.3 Å². The number of carbonyl (C=O) groups is 1. The Morgan fingerprint density at radius 2 is 2.00 bits per heavy atom. The Balaban J connectivity index is 1.68. The zero-order chi connectivity index (χ0) is 18.7. The molecule has 6 heteroatoms. The third-order valence-corrected chi connectivity index (χ3v) is 6.36. The summed E-state index contributed by atoms with van der Waals surface area (Å²) in [6.07, 6.45) is 2.41. The fourth-order valence-electron chi connectivity index (χ4n) is 3.25. The van der Waals surface area contributed by atoms with E-state index in [2.05, 4.69) is 36.2 Å². The van der Waals surface area contributed by atoms with E-state index in [4.69, 9.17) is 0 Å². The molecule has 5 nitrogen and oxygen atoms in total. The van der Waals surface area contributed by atoms with Crippen molar-refractivity contribution >= 4 is 17.7 Å². The molecule has 2 aromatic rings. The molecule has 26 heavy (non-hydrogen) atoms. The molecule has 0 bridgehead atoms. The molecule has 0 aliphatic carbocycles. The first kappa shape index (κ1) is 18.7. The van der Waals surface area contributed by atoms with E-state index in [1.165, 1.54) is 22.0 Å². The largest absolute Gasteiger partial charge is 0.340 e. The van der Waals surface area contributed by atoms with Crippen LogP contribution in [0.5, 0.6) is 0 Å². The molecule has 0 spiro atoms. The standard InChI is InChI=1S/C20H25N3O2S/c1-14-6-4-5-7-17(14)18-8-9-22(10-11-26-18)19(24)12-23-13-21-16(3)15(2)20(23)25/h4-7,13,18H,8-12H2,1-3H3/t18-/m1/s1. The van der Waals surface area contributed by atoms with Gasteiger partial charge in [0.05, 0.1) is 6.33 Å². The van der Waals surface area contributed by atoms with E-state index in [-0.39, 0.29) is 18.0 Å². The minimum Gasteiger partial charge on any atom is -0.340 e. The number of carbonyl (C=O) groups excluding carboxylic acids is 1. The van der Waals surface area contributed by atoms with Gasteiger partial charge < -0.3 is 4.90 Å². The van der Waals surface area contributed by atoms with Crippen molar-refractivity contribution in [2.45, 2.75) is 39.0 Å². The highest BCUT2D eigenvalue weighted by Gasteiger charge is 2.23. The molecule has 1 atom stereocenters. The zero-order valence-corrected chi connectivity index (χ0v) is 16.4. The highest BCUT2D eigenvalue weighted by atomic mass is 32.2. The van der Waals surface area contributed by atoms with Crippen LogP contribution in [0.25, 0.3) is 0 Å². The molecule has 1 amide bonds. The zero-order valence-electron chi connectivity index (χ0n) is 15.6. The van der Waals surface area contributed by atoms with Gasteiger partial charge >= 0.3 is 0 Å². The van der Waals surface area contributed by atoms with Gasteiger partial charge in [0.25, 0.3) is 5.56 Å². The maximum absolute atomic E-state index is 12.7. The van der Waals surface area contributed by atoms with Gasteiger partial charge in [-0.1, -0.05) is 24.3 Å². The van der Waals surface area contributed by atoms with Crippen molar-refractivity contribution in [2.24, 2.45) is 0 Å². The molecule has 1 aromatic heterocycles. The minimum absolute atomic E-state index is 0.0109. The lowest BCUT2D eigenvalue weighted by Gasteiger charge is -2.21. The Morgan fingerprint density at radius 1 is 1.23 bits per heavy atom. The molecule has 1 saturated heterocycles. The summed E-state index contributed by atoms with van der Waals surface area (Å²) in [4.78, 5) is 31.1. The van der Waals surface area contributed by atoms with Crippen LogP contribution in [-0.2, 0) is 11.3 Å². The number of hydrogen-bond acceptors (Lipinski definition) is 4. The third kappa shape index (κ3) is 4.01. The van der Waals surface area contributed by atoms with Crippen LogP contribution in [0.2, 0.25) is 0 Å². The lowest BCUT2D eigenvalue weighted by molar-refractivity contribution is -0.131. The number of thioether (sulfide) groups is 1. The van der Waals surface area contributed by atoms with Crippen LogP contribution in [0, 0.1) is 20.8 Å². The molecule has 1 aliphatic rings. The van der Waals surface area contributed by atoms with Crippen LogP contribution >= 0.6 is 11.8 Å². The summed E-state index contributed by atoms with van der Waals surface area (Å²) < 4.78 is 1.42. The maximum atomic E-state index is 12.7. The average molecular weight is 372 g/mol. The number of hydrogen-bond donors (Lipinski definition) is 0. The van der Waals surface area contributed by atoms with E-state index in [0.717, 1.165) is 25.3 Å². The minimum atomic E-state index is -0.132. The number of rotatable bonds is 3. The lowest BCUT2D eigenvalue weighted by Crippen LogP contribution is -2.38. The third-order valence-electron chi connectivity index (χ3n) is 5.05. The van der Waals surface area contributed by atoms with E-state index >= 15 is 0 Å². The summed E-state index contributed by atoms with van der Waals surface area (Å²) in [5, 5.41) is 0.417. The van der Waals surface area contributed by atoms with E-state index < -0.39 is 0 Å². The average Bonchev–Trinajstić information content (AvgIpc) is 2.89. The summed E-state index contributed by atoms with van der Waals surface area (Å²) in [7, 11) is 0. The predicted octanol–water partition coefficient (Wildman–Crippen LogP) is 2.88. The molecule has 1 aliphatic heterocycles. The Morgan fingerprint density at radius 3 is 2.77 bits per heavy atom. The number of aryl methyl sites for hydroxylation is 2. The topological polar surface area (TPSA) is 55.2 Å². The number of aromatic nitrogens is 2. The summed E-state index contributed by atoms with van der Waals surface area (Å²) in [6, 6.07) is 8.47. The normalized spacial score (nSPS) is 17.8. The highest BCUT2D eigenvalue weighted by Crippen LogP contribution is 2.35. The van der Waals surface area contributed by atoms with Crippen molar-refractivity contribution in [3.63, 3.8) is 0 Å². The molecular formula is C20H25N3O2S. The number of nitrogens with zero attached hydrogens (tertiary/aromatic N) is 3. The molecule has 0 unspecified atom stereocenters. The van der Waals surface area contributed by atoms with Crippen molar-refractivity contribution < 1.29 is 4.79 Å². The molecular weight excluding hydrogens is 346 g/mol. The number of benzene rings is 1. The van der Waals surface area contributed by atoms with Crippen LogP contribution < -0.4 is 5.56 Å². The molecule has 0 saturated carbocycles. The first-order chi connectivity index (χ1) is 12.5. The fraction of sp³-hybridized carbons (Fsp3) is 0.450. The fourth-order valence-corrected chi connectivity index (χ4v) is 4.58. The van der Waals surface area contributed by atoms with Gasteiger partial charge in [0, 0.05) is 35.3 Å².